The van der Waals surface area contributed by atoms with Crippen molar-refractivity contribution in [1.82, 2.24) is 20.4 Å². The Balaban J connectivity index is 1.28. The molecule has 6 nitrogen and oxygen atoms in total. The van der Waals surface area contributed by atoms with Crippen molar-refractivity contribution >= 4 is 23.6 Å². The van der Waals surface area contributed by atoms with Gasteiger partial charge in [0, 0.05) is 68.9 Å². The van der Waals surface area contributed by atoms with Crippen molar-refractivity contribution < 1.29 is 4.79 Å². The van der Waals surface area contributed by atoms with Gasteiger partial charge in [-0.05, 0) is 25.0 Å². The highest BCUT2D eigenvalue weighted by molar-refractivity contribution is 8.00. The number of carbonyl (C=O) groups excluding carboxylic acids is 1. The number of nitrogens with zero attached hydrogens (tertiary/aromatic N) is 3. The van der Waals surface area contributed by atoms with Gasteiger partial charge in [0.25, 0.3) is 0 Å². The predicted octanol–water partition coefficient (Wildman–Crippen LogP) is 2.28. The maximum Gasteiger partial charge on any atom is 0.225 e. The van der Waals surface area contributed by atoms with Gasteiger partial charge in [0.15, 0.2) is 5.96 Å². The average molecular weight is 418 g/mol. The molecule has 2 N–H and O–H groups in total. The van der Waals surface area contributed by atoms with Crippen LogP contribution in [0.4, 0.5) is 0 Å². The Morgan fingerprint density at radius 2 is 1.90 bits per heavy atom. The first-order valence-electron chi connectivity index (χ1n) is 10.8. The highest BCUT2D eigenvalue weighted by Crippen LogP contribution is 2.28. The number of benzene rings is 1. The minimum Gasteiger partial charge on any atom is -0.355 e. The second-order valence-corrected chi connectivity index (χ2v) is 9.43. The Bertz CT molecular complexity index is 656. The lowest BCUT2D eigenvalue weighted by Crippen LogP contribution is -2.52. The van der Waals surface area contributed by atoms with Crippen LogP contribution in [0, 0.1) is 5.92 Å². The first-order valence-corrected chi connectivity index (χ1v) is 11.7. The van der Waals surface area contributed by atoms with E-state index in [9.17, 15) is 4.79 Å². The zero-order chi connectivity index (χ0) is 20.5. The first kappa shape index (κ1) is 22.0. The molecule has 1 saturated carbocycles. The number of amides is 1. The van der Waals surface area contributed by atoms with Crippen molar-refractivity contribution in [3.63, 3.8) is 0 Å². The minimum absolute atomic E-state index is 0.320. The fourth-order valence-corrected chi connectivity index (χ4v) is 4.62. The molecule has 1 aliphatic heterocycles. The number of piperazine rings is 1. The molecular weight excluding hydrogens is 382 g/mol. The van der Waals surface area contributed by atoms with Gasteiger partial charge in [0.1, 0.15) is 0 Å². The summed E-state index contributed by atoms with van der Waals surface area (Å²) >= 11 is 1.87. The lowest BCUT2D eigenvalue weighted by molar-refractivity contribution is -0.139. The molecule has 0 aromatic heterocycles. The Labute approximate surface area is 179 Å². The van der Waals surface area contributed by atoms with Crippen molar-refractivity contribution in [2.75, 3.05) is 52.9 Å². The number of carbonyl (C=O) groups is 1. The molecule has 7 heteroatoms. The summed E-state index contributed by atoms with van der Waals surface area (Å²) in [7, 11) is 1.81. The molecule has 0 bridgehead atoms. The quantitative estimate of drug-likeness (QED) is 0.386. The molecule has 1 aromatic rings. The van der Waals surface area contributed by atoms with E-state index in [1.807, 2.05) is 24.9 Å². The summed E-state index contributed by atoms with van der Waals surface area (Å²) in [6.07, 6.45) is 3.41. The number of hydrogen-bond acceptors (Lipinski definition) is 4. The molecule has 3 rings (SSSR count). The van der Waals surface area contributed by atoms with Crippen LogP contribution in [0.1, 0.15) is 26.2 Å². The summed E-state index contributed by atoms with van der Waals surface area (Å²) in [5.74, 6) is 1.56. The van der Waals surface area contributed by atoms with E-state index in [-0.39, 0.29) is 0 Å². The van der Waals surface area contributed by atoms with E-state index in [2.05, 4.69) is 56.6 Å². The summed E-state index contributed by atoms with van der Waals surface area (Å²) in [6, 6.07) is 10.5. The van der Waals surface area contributed by atoms with Crippen molar-refractivity contribution in [1.29, 1.82) is 0 Å². The maximum atomic E-state index is 12.3. The largest absolute Gasteiger partial charge is 0.355 e. The van der Waals surface area contributed by atoms with Gasteiger partial charge in [-0.1, -0.05) is 31.5 Å². The lowest BCUT2D eigenvalue weighted by atomic mass is 9.84. The normalized spacial score (nSPS) is 19.5. The molecule has 2 fully saturated rings. The van der Waals surface area contributed by atoms with Crippen molar-refractivity contribution in [3.05, 3.63) is 30.3 Å². The number of nitrogens with one attached hydrogen (secondary N) is 2. The van der Waals surface area contributed by atoms with Crippen LogP contribution in [-0.2, 0) is 4.79 Å². The zero-order valence-electron chi connectivity index (χ0n) is 17.8. The zero-order valence-corrected chi connectivity index (χ0v) is 18.6. The number of hydrogen-bond donors (Lipinski definition) is 2. The molecule has 1 amide bonds. The Hall–Kier alpha value is -1.73. The van der Waals surface area contributed by atoms with E-state index in [4.69, 9.17) is 0 Å². The second-order valence-electron chi connectivity index (χ2n) is 7.92. The molecule has 0 spiro atoms. The van der Waals surface area contributed by atoms with Gasteiger partial charge in [-0.3, -0.25) is 14.7 Å². The first-order chi connectivity index (χ1) is 14.2. The van der Waals surface area contributed by atoms with Crippen molar-refractivity contribution in [2.45, 2.75) is 36.3 Å². The van der Waals surface area contributed by atoms with Gasteiger partial charge in [-0.25, -0.2) is 0 Å². The third kappa shape index (κ3) is 6.93. The van der Waals surface area contributed by atoms with Crippen LogP contribution >= 0.6 is 11.8 Å². The molecule has 1 unspecified atom stereocenters. The molecule has 1 aliphatic carbocycles. The molecule has 160 valence electrons. The fourth-order valence-electron chi connectivity index (χ4n) is 3.67. The fraction of sp³-hybridized carbons (Fsp3) is 0.636. The van der Waals surface area contributed by atoms with E-state index < -0.39 is 0 Å². The van der Waals surface area contributed by atoms with Gasteiger partial charge in [-0.2, -0.15) is 0 Å². The molecule has 0 radical (unpaired) electrons. The summed E-state index contributed by atoms with van der Waals surface area (Å²) in [4.78, 5) is 22.5. The van der Waals surface area contributed by atoms with Crippen LogP contribution in [0.25, 0.3) is 0 Å². The topological polar surface area (TPSA) is 60.0 Å². The lowest BCUT2D eigenvalue weighted by Gasteiger charge is -2.38. The van der Waals surface area contributed by atoms with E-state index in [0.717, 1.165) is 64.6 Å². The average Bonchev–Trinajstić information content (AvgIpc) is 2.70. The second kappa shape index (κ2) is 11.5. The van der Waals surface area contributed by atoms with Gasteiger partial charge in [0.2, 0.25) is 5.91 Å². The molecular formula is C22H35N5OS. The van der Waals surface area contributed by atoms with Crippen LogP contribution in [0.5, 0.6) is 0 Å². The predicted molar refractivity (Wildman–Crippen MR) is 121 cm³/mol. The Kier molecular flexibility index (Phi) is 8.68. The molecule has 1 atom stereocenters. The van der Waals surface area contributed by atoms with Crippen LogP contribution in [-0.4, -0.2) is 79.8 Å². The standard InChI is InChI=1S/C22H35N5OS/c1-18(29-20-9-4-3-5-10-20)17-25-22(23-2)24-11-12-26-13-15-27(16-14-26)21(28)19-7-6-8-19/h3-5,9-10,18-19H,6-8,11-17H2,1-2H3,(H2,23,24,25). The maximum absolute atomic E-state index is 12.3. The van der Waals surface area contributed by atoms with Crippen LogP contribution < -0.4 is 10.6 Å². The van der Waals surface area contributed by atoms with Crippen molar-refractivity contribution in [2.24, 2.45) is 10.9 Å². The van der Waals surface area contributed by atoms with Crippen LogP contribution in [0.15, 0.2) is 40.2 Å². The monoisotopic (exact) mass is 417 g/mol. The molecule has 1 aromatic carbocycles. The van der Waals surface area contributed by atoms with Crippen LogP contribution in [0.2, 0.25) is 0 Å². The smallest absolute Gasteiger partial charge is 0.225 e. The number of aliphatic imine (C=N–C) groups is 1. The third-order valence-corrected chi connectivity index (χ3v) is 6.83. The number of rotatable bonds is 8. The molecule has 2 aliphatic rings. The minimum atomic E-state index is 0.320. The highest BCUT2D eigenvalue weighted by atomic mass is 32.2. The van der Waals surface area contributed by atoms with Crippen LogP contribution in [0.3, 0.4) is 0 Å². The van der Waals surface area contributed by atoms with Gasteiger partial charge in [-0.15, -0.1) is 11.8 Å². The third-order valence-electron chi connectivity index (χ3n) is 5.72. The molecule has 29 heavy (non-hydrogen) atoms. The summed E-state index contributed by atoms with van der Waals surface area (Å²) in [5, 5.41) is 7.29. The van der Waals surface area contributed by atoms with Gasteiger partial charge in [0.05, 0.1) is 0 Å². The Morgan fingerprint density at radius 3 is 2.52 bits per heavy atom. The summed E-state index contributed by atoms with van der Waals surface area (Å²) in [6.45, 7) is 8.60. The molecule has 1 heterocycles. The Morgan fingerprint density at radius 1 is 1.17 bits per heavy atom. The van der Waals surface area contributed by atoms with E-state index in [1.54, 1.807) is 0 Å². The number of guanidine groups is 1. The van der Waals surface area contributed by atoms with Crippen molar-refractivity contribution in [3.8, 4) is 0 Å². The summed E-state index contributed by atoms with van der Waals surface area (Å²) in [5.41, 5.74) is 0. The van der Waals surface area contributed by atoms with Gasteiger partial charge >= 0.3 is 0 Å². The van der Waals surface area contributed by atoms with E-state index in [1.165, 1.54) is 11.3 Å². The van der Waals surface area contributed by atoms with E-state index >= 15 is 0 Å². The van der Waals surface area contributed by atoms with Gasteiger partial charge < -0.3 is 15.5 Å². The highest BCUT2D eigenvalue weighted by Gasteiger charge is 2.30. The summed E-state index contributed by atoms with van der Waals surface area (Å²) < 4.78 is 0. The SMILES string of the molecule is CN=C(NCCN1CCN(C(=O)C2CCC2)CC1)NCC(C)Sc1ccccc1. The van der Waals surface area contributed by atoms with E-state index in [0.29, 0.717) is 17.1 Å². The number of thioether (sulfide) groups is 1. The molecule has 1 saturated heterocycles.